The molecule has 14 heavy (non-hydrogen) atoms. The van der Waals surface area contributed by atoms with Gasteiger partial charge in [-0.1, -0.05) is 12.1 Å². The van der Waals surface area contributed by atoms with Crippen molar-refractivity contribution in [2.45, 2.75) is 12.7 Å². The van der Waals surface area contributed by atoms with Crippen LogP contribution in [-0.4, -0.2) is 19.8 Å². The number of aryl methyl sites for hydroxylation is 1. The molecule has 0 amide bonds. The number of carboxylic acids is 1. The fourth-order valence-electron chi connectivity index (χ4n) is 1.13. The van der Waals surface area contributed by atoms with Crippen LogP contribution in [0.5, 0.6) is 0 Å². The van der Waals surface area contributed by atoms with Crippen LogP contribution in [0.4, 0.5) is 0 Å². The van der Waals surface area contributed by atoms with Gasteiger partial charge < -0.3 is 9.66 Å². The average Bonchev–Trinajstić information content (AvgIpc) is 2.07. The summed E-state index contributed by atoms with van der Waals surface area (Å²) in [6.07, 6.45) is 0. The number of carbonyl (C=O) groups is 1. The van der Waals surface area contributed by atoms with Gasteiger partial charge in [0.25, 0.3) is 0 Å². The van der Waals surface area contributed by atoms with E-state index in [1.165, 1.54) is 6.07 Å². The summed E-state index contributed by atoms with van der Waals surface area (Å²) in [7, 11) is 0. The van der Waals surface area contributed by atoms with Gasteiger partial charge in [0.2, 0.25) is 0 Å². The molecule has 0 aliphatic rings. The fraction of sp³-hybridized carbons (Fsp3) is 0.222. The maximum absolute atomic E-state index is 10.7. The SMILES string of the molecule is Cc1ccc(CS(=O)O)cc1C(=O)O. The van der Waals surface area contributed by atoms with Gasteiger partial charge in [-0.3, -0.25) is 0 Å². The lowest BCUT2D eigenvalue weighted by Gasteiger charge is -2.03. The quantitative estimate of drug-likeness (QED) is 0.746. The fourth-order valence-corrected chi connectivity index (χ4v) is 1.60. The van der Waals surface area contributed by atoms with E-state index in [4.69, 9.17) is 9.66 Å². The number of aromatic carboxylic acids is 1. The van der Waals surface area contributed by atoms with Crippen molar-refractivity contribution in [2.24, 2.45) is 0 Å². The van der Waals surface area contributed by atoms with Crippen LogP contribution in [0, 0.1) is 6.92 Å². The molecule has 0 saturated heterocycles. The first-order chi connectivity index (χ1) is 6.50. The zero-order valence-corrected chi connectivity index (χ0v) is 8.37. The first kappa shape index (κ1) is 10.9. The minimum Gasteiger partial charge on any atom is -0.478 e. The number of carboxylic acid groups (broad SMARTS) is 1. The Balaban J connectivity index is 3.06. The topological polar surface area (TPSA) is 74.6 Å². The molecule has 0 aliphatic heterocycles. The second-order valence-electron chi connectivity index (χ2n) is 2.92. The van der Waals surface area contributed by atoms with E-state index in [9.17, 15) is 9.00 Å². The normalized spacial score (nSPS) is 12.4. The minimum atomic E-state index is -1.94. The van der Waals surface area contributed by atoms with Crippen molar-refractivity contribution in [3.63, 3.8) is 0 Å². The van der Waals surface area contributed by atoms with Gasteiger partial charge in [-0.25, -0.2) is 9.00 Å². The molecule has 1 atom stereocenters. The third-order valence-electron chi connectivity index (χ3n) is 1.82. The predicted octanol–water partition coefficient (Wildman–Crippen LogP) is 1.41. The second kappa shape index (κ2) is 4.34. The molecule has 1 aromatic carbocycles. The Bertz CT molecular complexity index is 386. The van der Waals surface area contributed by atoms with Crippen molar-refractivity contribution < 1.29 is 18.7 Å². The van der Waals surface area contributed by atoms with Crippen molar-refractivity contribution in [1.29, 1.82) is 0 Å². The first-order valence-corrected chi connectivity index (χ1v) is 5.18. The van der Waals surface area contributed by atoms with E-state index in [0.29, 0.717) is 11.1 Å². The summed E-state index contributed by atoms with van der Waals surface area (Å²) in [6, 6.07) is 4.70. The van der Waals surface area contributed by atoms with E-state index in [2.05, 4.69) is 0 Å². The van der Waals surface area contributed by atoms with Gasteiger partial charge in [0.1, 0.15) is 0 Å². The number of hydrogen-bond donors (Lipinski definition) is 2. The highest BCUT2D eigenvalue weighted by Gasteiger charge is 2.08. The molecular formula is C9H10O4S. The first-order valence-electron chi connectivity index (χ1n) is 3.91. The molecule has 76 valence electrons. The van der Waals surface area contributed by atoms with Crippen LogP contribution in [0.1, 0.15) is 21.5 Å². The zero-order valence-electron chi connectivity index (χ0n) is 7.56. The molecule has 0 aliphatic carbocycles. The van der Waals surface area contributed by atoms with Crippen LogP contribution in [0.2, 0.25) is 0 Å². The van der Waals surface area contributed by atoms with Crippen LogP contribution in [0.15, 0.2) is 18.2 Å². The molecule has 0 saturated carbocycles. The molecule has 0 bridgehead atoms. The van der Waals surface area contributed by atoms with Crippen LogP contribution in [-0.2, 0) is 16.8 Å². The van der Waals surface area contributed by atoms with Gasteiger partial charge in [0.15, 0.2) is 11.1 Å². The lowest BCUT2D eigenvalue weighted by Crippen LogP contribution is -2.02. The maximum atomic E-state index is 10.7. The minimum absolute atomic E-state index is 0.0411. The van der Waals surface area contributed by atoms with Gasteiger partial charge in [0, 0.05) is 0 Å². The molecule has 0 spiro atoms. The van der Waals surface area contributed by atoms with Crippen LogP contribution >= 0.6 is 0 Å². The standard InChI is InChI=1S/C9H10O4S/c1-6-2-3-7(5-14(12)13)4-8(6)9(10)11/h2-4H,5H2,1H3,(H,10,11)(H,12,13). The van der Waals surface area contributed by atoms with Crippen LogP contribution in [0.3, 0.4) is 0 Å². The lowest BCUT2D eigenvalue weighted by molar-refractivity contribution is 0.0696. The van der Waals surface area contributed by atoms with Gasteiger partial charge >= 0.3 is 5.97 Å². The Hall–Kier alpha value is -1.20. The summed E-state index contributed by atoms with van der Waals surface area (Å²) in [5.74, 6) is -1.06. The summed E-state index contributed by atoms with van der Waals surface area (Å²) in [5.41, 5.74) is 1.37. The largest absolute Gasteiger partial charge is 0.478 e. The monoisotopic (exact) mass is 214 g/mol. The molecule has 5 heteroatoms. The summed E-state index contributed by atoms with van der Waals surface area (Å²) in [4.78, 5) is 10.7. The molecule has 2 N–H and O–H groups in total. The highest BCUT2D eigenvalue weighted by atomic mass is 32.2. The lowest BCUT2D eigenvalue weighted by atomic mass is 10.1. The van der Waals surface area contributed by atoms with Crippen LogP contribution in [0.25, 0.3) is 0 Å². The van der Waals surface area contributed by atoms with Gasteiger partial charge in [-0.15, -0.1) is 0 Å². The van der Waals surface area contributed by atoms with Gasteiger partial charge in [-0.05, 0) is 24.1 Å². The molecule has 0 heterocycles. The van der Waals surface area contributed by atoms with E-state index in [1.807, 2.05) is 0 Å². The van der Waals surface area contributed by atoms with Crippen LogP contribution < -0.4 is 0 Å². The molecular weight excluding hydrogens is 204 g/mol. The molecule has 1 rings (SSSR count). The summed E-state index contributed by atoms with van der Waals surface area (Å²) in [5, 5.41) is 8.79. The Morgan fingerprint density at radius 1 is 1.50 bits per heavy atom. The van der Waals surface area contributed by atoms with Gasteiger partial charge in [-0.2, -0.15) is 0 Å². The predicted molar refractivity (Wildman–Crippen MR) is 52.6 cm³/mol. The highest BCUT2D eigenvalue weighted by molar-refractivity contribution is 7.78. The third-order valence-corrected chi connectivity index (χ3v) is 2.40. The molecule has 4 nitrogen and oxygen atoms in total. The third kappa shape index (κ3) is 2.65. The van der Waals surface area contributed by atoms with E-state index in [-0.39, 0.29) is 11.3 Å². The molecule has 0 radical (unpaired) electrons. The van der Waals surface area contributed by atoms with E-state index < -0.39 is 17.0 Å². The summed E-state index contributed by atoms with van der Waals surface area (Å²) in [6.45, 7) is 1.68. The maximum Gasteiger partial charge on any atom is 0.335 e. The number of benzene rings is 1. The van der Waals surface area contributed by atoms with E-state index in [1.54, 1.807) is 19.1 Å². The average molecular weight is 214 g/mol. The van der Waals surface area contributed by atoms with Gasteiger partial charge in [0.05, 0.1) is 11.3 Å². The summed E-state index contributed by atoms with van der Waals surface area (Å²) >= 11 is -1.94. The number of rotatable bonds is 3. The highest BCUT2D eigenvalue weighted by Crippen LogP contribution is 2.12. The van der Waals surface area contributed by atoms with Crippen molar-refractivity contribution >= 4 is 17.0 Å². The Morgan fingerprint density at radius 3 is 2.64 bits per heavy atom. The second-order valence-corrected chi connectivity index (χ2v) is 3.85. The Labute approximate surface area is 83.9 Å². The smallest absolute Gasteiger partial charge is 0.335 e. The van der Waals surface area contributed by atoms with E-state index in [0.717, 1.165) is 0 Å². The van der Waals surface area contributed by atoms with Crippen molar-refractivity contribution in [2.75, 3.05) is 0 Å². The van der Waals surface area contributed by atoms with E-state index >= 15 is 0 Å². The van der Waals surface area contributed by atoms with Crippen molar-refractivity contribution in [3.05, 3.63) is 34.9 Å². The Kier molecular flexibility index (Phi) is 3.38. The Morgan fingerprint density at radius 2 is 2.14 bits per heavy atom. The molecule has 1 aromatic rings. The summed E-state index contributed by atoms with van der Waals surface area (Å²) < 4.78 is 19.1. The molecule has 0 aromatic heterocycles. The van der Waals surface area contributed by atoms with Crippen molar-refractivity contribution in [1.82, 2.24) is 0 Å². The molecule has 1 unspecified atom stereocenters. The number of hydrogen-bond acceptors (Lipinski definition) is 2. The molecule has 0 fully saturated rings. The van der Waals surface area contributed by atoms with Crippen molar-refractivity contribution in [3.8, 4) is 0 Å². The zero-order chi connectivity index (χ0) is 10.7.